The highest BCUT2D eigenvalue weighted by atomic mass is 31.2. The third kappa shape index (κ3) is 4.07. The molecular weight excluding hydrogens is 420 g/mol. The van der Waals surface area contributed by atoms with Crippen LogP contribution in [0, 0.1) is 17.5 Å². The van der Waals surface area contributed by atoms with Crippen LogP contribution in [0.2, 0.25) is 0 Å². The van der Waals surface area contributed by atoms with E-state index in [1.807, 2.05) is 4.98 Å². The smallest absolute Gasteiger partial charge is 0.349 e. The minimum atomic E-state index is -4.09. The molecule has 0 amide bonds. The van der Waals surface area contributed by atoms with Gasteiger partial charge < -0.3 is 4.74 Å². The van der Waals surface area contributed by atoms with Gasteiger partial charge in [0.25, 0.3) is 5.56 Å². The summed E-state index contributed by atoms with van der Waals surface area (Å²) in [5.74, 6) is -2.82. The number of benzene rings is 1. The number of H-pyrrole nitrogens is 1. The molecule has 9 nitrogen and oxygen atoms in total. The minimum Gasteiger partial charge on any atom is -0.349 e. The van der Waals surface area contributed by atoms with Crippen molar-refractivity contribution in [3.05, 3.63) is 68.2 Å². The summed E-state index contributed by atoms with van der Waals surface area (Å²) in [6.07, 6.45) is -1.84. The third-order valence-corrected chi connectivity index (χ3v) is 5.91. The maximum Gasteiger partial charge on any atom is 0.475 e. The van der Waals surface area contributed by atoms with Gasteiger partial charge in [-0.1, -0.05) is 6.07 Å². The Labute approximate surface area is 160 Å². The van der Waals surface area contributed by atoms with Crippen LogP contribution in [0.3, 0.4) is 0 Å². The average Bonchev–Trinajstić information content (AvgIpc) is 3.06. The molecule has 4 rings (SSSR count). The predicted octanol–water partition coefficient (Wildman–Crippen LogP) is 1.98. The van der Waals surface area contributed by atoms with E-state index in [4.69, 9.17) is 18.3 Å². The van der Waals surface area contributed by atoms with E-state index < -0.39 is 61.6 Å². The lowest BCUT2D eigenvalue weighted by atomic mass is 10.2. The standard InChI is InChI=1S/C16H14F3N2O7P/c17-9-2-1-8(10(18)3-9)6-25-29(24)26-7-13-12(28-29)4-14(27-13)21-5-11(19)15(22)20-16(21)23/h1-3,5,12-14H,4,6-7H2,(H,20,22,23)/t12-,13+,14+,29?/m0/s1. The van der Waals surface area contributed by atoms with Crippen molar-refractivity contribution in [2.24, 2.45) is 0 Å². The number of ether oxygens (including phenoxy) is 1. The van der Waals surface area contributed by atoms with E-state index in [1.165, 1.54) is 0 Å². The molecule has 3 heterocycles. The first-order chi connectivity index (χ1) is 13.7. The Morgan fingerprint density at radius 1 is 1.21 bits per heavy atom. The topological polar surface area (TPSA) is 109 Å². The molecule has 1 aromatic heterocycles. The van der Waals surface area contributed by atoms with Crippen LogP contribution < -0.4 is 11.2 Å². The summed E-state index contributed by atoms with van der Waals surface area (Å²) >= 11 is 0. The molecule has 0 bridgehead atoms. The summed E-state index contributed by atoms with van der Waals surface area (Å²) < 4.78 is 74.7. The van der Waals surface area contributed by atoms with Crippen molar-refractivity contribution in [1.82, 2.24) is 9.55 Å². The number of aromatic amines is 1. The zero-order chi connectivity index (χ0) is 20.8. The van der Waals surface area contributed by atoms with Crippen molar-refractivity contribution in [3.8, 4) is 0 Å². The molecule has 0 saturated carbocycles. The summed E-state index contributed by atoms with van der Waals surface area (Å²) in [7, 11) is -4.09. The fourth-order valence-electron chi connectivity index (χ4n) is 3.02. The van der Waals surface area contributed by atoms with E-state index in [9.17, 15) is 27.3 Å². The lowest BCUT2D eigenvalue weighted by Crippen LogP contribution is -2.34. The molecule has 2 aliphatic heterocycles. The molecule has 2 saturated heterocycles. The molecule has 2 fully saturated rings. The quantitative estimate of drug-likeness (QED) is 0.733. The van der Waals surface area contributed by atoms with Crippen LogP contribution in [0.1, 0.15) is 18.2 Å². The summed E-state index contributed by atoms with van der Waals surface area (Å²) in [6.45, 7) is -0.708. The number of phosphoric ester groups is 1. The largest absolute Gasteiger partial charge is 0.475 e. The second-order valence-electron chi connectivity index (χ2n) is 6.40. The fraction of sp³-hybridized carbons (Fsp3) is 0.375. The summed E-state index contributed by atoms with van der Waals surface area (Å²) in [6, 6.07) is 2.81. The van der Waals surface area contributed by atoms with Gasteiger partial charge in [-0.25, -0.2) is 18.1 Å². The fourth-order valence-corrected chi connectivity index (χ4v) is 4.40. The highest BCUT2D eigenvalue weighted by molar-refractivity contribution is 7.48. The molecule has 0 radical (unpaired) electrons. The molecule has 4 atom stereocenters. The van der Waals surface area contributed by atoms with Crippen molar-refractivity contribution in [3.63, 3.8) is 0 Å². The summed E-state index contributed by atoms with van der Waals surface area (Å²) in [5, 5.41) is 0. The van der Waals surface area contributed by atoms with Gasteiger partial charge in [0, 0.05) is 18.1 Å². The second kappa shape index (κ2) is 7.54. The number of nitrogens with one attached hydrogen (secondary N) is 1. The van der Waals surface area contributed by atoms with Crippen LogP contribution in [0.15, 0.2) is 34.0 Å². The number of halogens is 3. The molecule has 29 heavy (non-hydrogen) atoms. The zero-order valence-electron chi connectivity index (χ0n) is 14.5. The third-order valence-electron chi connectivity index (χ3n) is 4.47. The van der Waals surface area contributed by atoms with Crippen molar-refractivity contribution in [1.29, 1.82) is 0 Å². The van der Waals surface area contributed by atoms with Crippen molar-refractivity contribution >= 4 is 7.82 Å². The number of hydrogen-bond donors (Lipinski definition) is 1. The lowest BCUT2D eigenvalue weighted by Gasteiger charge is -2.29. The number of fused-ring (bicyclic) bond motifs is 1. The van der Waals surface area contributed by atoms with E-state index in [0.29, 0.717) is 12.3 Å². The van der Waals surface area contributed by atoms with Crippen LogP contribution in [0.5, 0.6) is 0 Å². The molecule has 0 aliphatic carbocycles. The van der Waals surface area contributed by atoms with Gasteiger partial charge in [0.1, 0.15) is 30.1 Å². The first-order valence-corrected chi connectivity index (χ1v) is 9.88. The van der Waals surface area contributed by atoms with Crippen molar-refractivity contribution < 1.29 is 36.0 Å². The van der Waals surface area contributed by atoms with Crippen molar-refractivity contribution in [2.45, 2.75) is 31.5 Å². The summed E-state index contributed by atoms with van der Waals surface area (Å²) in [4.78, 5) is 24.8. The minimum absolute atomic E-state index is 0.00231. The first-order valence-electron chi connectivity index (χ1n) is 8.42. The molecule has 2 aromatic rings. The predicted molar refractivity (Wildman–Crippen MR) is 89.4 cm³/mol. The summed E-state index contributed by atoms with van der Waals surface area (Å²) in [5.41, 5.74) is -2.09. The zero-order valence-corrected chi connectivity index (χ0v) is 15.4. The number of aromatic nitrogens is 2. The lowest BCUT2D eigenvalue weighted by molar-refractivity contribution is -0.0732. The van der Waals surface area contributed by atoms with Gasteiger partial charge in [-0.15, -0.1) is 0 Å². The second-order valence-corrected chi connectivity index (χ2v) is 8.03. The number of hydrogen-bond acceptors (Lipinski definition) is 7. The van der Waals surface area contributed by atoms with E-state index in [1.54, 1.807) is 0 Å². The first kappa shape index (κ1) is 20.0. The van der Waals surface area contributed by atoms with E-state index >= 15 is 0 Å². The van der Waals surface area contributed by atoms with E-state index in [2.05, 4.69) is 0 Å². The van der Waals surface area contributed by atoms with Crippen LogP contribution in [-0.4, -0.2) is 28.4 Å². The molecule has 1 unspecified atom stereocenters. The molecule has 2 aliphatic rings. The number of nitrogens with zero attached hydrogens (tertiary/aromatic N) is 1. The Bertz CT molecular complexity index is 1100. The Morgan fingerprint density at radius 2 is 2.00 bits per heavy atom. The molecule has 0 spiro atoms. The van der Waals surface area contributed by atoms with Gasteiger partial charge in [-0.05, 0) is 6.07 Å². The van der Waals surface area contributed by atoms with E-state index in [-0.39, 0.29) is 18.6 Å². The van der Waals surface area contributed by atoms with Crippen LogP contribution in [0.25, 0.3) is 0 Å². The van der Waals surface area contributed by atoms with Gasteiger partial charge in [-0.2, -0.15) is 4.39 Å². The van der Waals surface area contributed by atoms with Gasteiger partial charge >= 0.3 is 13.5 Å². The average molecular weight is 434 g/mol. The molecule has 1 aromatic carbocycles. The van der Waals surface area contributed by atoms with Gasteiger partial charge in [0.05, 0.1) is 19.4 Å². The maximum absolute atomic E-state index is 13.7. The Kier molecular flexibility index (Phi) is 5.21. The maximum atomic E-state index is 13.7. The monoisotopic (exact) mass is 434 g/mol. The Morgan fingerprint density at radius 3 is 2.76 bits per heavy atom. The van der Waals surface area contributed by atoms with Crippen molar-refractivity contribution in [2.75, 3.05) is 6.61 Å². The van der Waals surface area contributed by atoms with E-state index in [0.717, 1.165) is 16.7 Å². The van der Waals surface area contributed by atoms with Crippen LogP contribution in [0.4, 0.5) is 13.2 Å². The molecule has 13 heteroatoms. The SMILES string of the molecule is O=c1[nH]c(=O)n([C@H]2C[C@@H]3OP(=O)(OCc4ccc(F)cc4F)OC[C@H]3O2)cc1F. The molecule has 1 N–H and O–H groups in total. The molecule has 156 valence electrons. The van der Waals surface area contributed by atoms with Crippen LogP contribution in [-0.2, 0) is 29.5 Å². The molecular formula is C16H14F3N2O7P. The highest BCUT2D eigenvalue weighted by Gasteiger charge is 2.48. The Hall–Kier alpha value is -2.24. The highest BCUT2D eigenvalue weighted by Crippen LogP contribution is 2.57. The number of rotatable bonds is 4. The van der Waals surface area contributed by atoms with Gasteiger partial charge in [0.15, 0.2) is 0 Å². The van der Waals surface area contributed by atoms with Gasteiger partial charge in [-0.3, -0.25) is 27.9 Å². The Balaban J connectivity index is 1.45. The van der Waals surface area contributed by atoms with Gasteiger partial charge in [0.2, 0.25) is 5.82 Å². The normalized spacial score (nSPS) is 29.0. The number of phosphoric acid groups is 1. The van der Waals surface area contributed by atoms with Crippen LogP contribution >= 0.6 is 7.82 Å².